The minimum absolute atomic E-state index is 0. The molecule has 10 unspecified atom stereocenters. The third-order valence-corrected chi connectivity index (χ3v) is 8.41. The Kier molecular flexibility index (Phi) is 24.2. The zero-order valence-corrected chi connectivity index (χ0v) is 34.9. The maximum absolute atomic E-state index is 9.97. The molecule has 0 aromatic heterocycles. The first-order chi connectivity index (χ1) is 27.2. The van der Waals surface area contributed by atoms with E-state index in [-0.39, 0.29) is 41.0 Å². The second kappa shape index (κ2) is 27.0. The number of methoxy groups -OCH3 is 1. The van der Waals surface area contributed by atoms with Gasteiger partial charge in [-0.3, -0.25) is 9.59 Å². The minimum Gasteiger partial charge on any atom is -0.870 e. The number of esters is 1. The second-order valence-corrected chi connectivity index (χ2v) is 12.6. The molecule has 6 rings (SSSR count). The van der Waals surface area contributed by atoms with E-state index in [1.807, 2.05) is 84.9 Å². The Labute approximate surface area is 363 Å². The van der Waals surface area contributed by atoms with Gasteiger partial charge in [0.25, 0.3) is 5.97 Å². The van der Waals surface area contributed by atoms with Gasteiger partial charge in [-0.25, -0.2) is 0 Å². The maximum Gasteiger partial charge on any atom is 1.00 e. The average Bonchev–Trinajstić information content (AvgIpc) is 3.22. The molecule has 18 heteroatoms. The average molecular weight is 839 g/mol. The van der Waals surface area contributed by atoms with Crippen LogP contribution < -0.4 is 39.0 Å². The predicted molar refractivity (Wildman–Crippen MR) is 205 cm³/mol. The number of aliphatic hydroxyl groups excluding tert-OH is 8. The summed E-state index contributed by atoms with van der Waals surface area (Å²) in [5, 5.41) is 84.8. The van der Waals surface area contributed by atoms with Crippen LogP contribution in [0.5, 0.6) is 11.5 Å². The summed E-state index contributed by atoms with van der Waals surface area (Å²) in [7, 11) is 1.35. The number of carboxylic acid groups (broad SMARTS) is 1. The molecule has 2 aliphatic rings. The Morgan fingerprint density at radius 1 is 0.525 bits per heavy atom. The van der Waals surface area contributed by atoms with Gasteiger partial charge in [-0.15, -0.1) is 0 Å². The summed E-state index contributed by atoms with van der Waals surface area (Å²) in [5.41, 5.74) is 4.15. The molecular weight excluding hydrogens is 787 g/mol. The van der Waals surface area contributed by atoms with Gasteiger partial charge in [0.15, 0.2) is 0 Å². The number of benzene rings is 4. The summed E-state index contributed by atoms with van der Waals surface area (Å²) >= 11 is 0. The van der Waals surface area contributed by atoms with Crippen LogP contribution in [0.1, 0.15) is 13.8 Å². The molecule has 17 nitrogen and oxygen atoms in total. The standard InChI is InChI=1S/2C18H20O6.C3H6O2.C2H4O2.Na.H2O/c2*19-10-14-15(20)16(21)17(22)18(24-14)23-13-8-6-12(7-9-13)11-4-2-1-3-5-11;1-3(4)5-2;1-2(3)4;;/h2*1-9,14-22H,10H2;1-2H3;1H3,(H,3,4);;1H2/q;;;;+1;/p-1. The molecule has 0 radical (unpaired) electrons. The van der Waals surface area contributed by atoms with E-state index in [4.69, 9.17) is 28.8 Å². The summed E-state index contributed by atoms with van der Waals surface area (Å²) in [4.78, 5) is 18.6. The molecule has 2 fully saturated rings. The largest absolute Gasteiger partial charge is 1.00 e. The number of rotatable bonds is 8. The van der Waals surface area contributed by atoms with Crippen molar-refractivity contribution in [1.82, 2.24) is 0 Å². The molecule has 0 amide bonds. The topological polar surface area (TPSA) is 292 Å². The third kappa shape index (κ3) is 16.5. The number of hydrogen-bond acceptors (Lipinski definition) is 16. The van der Waals surface area contributed by atoms with Crippen LogP contribution in [-0.4, -0.2) is 145 Å². The van der Waals surface area contributed by atoms with Crippen molar-refractivity contribution >= 4 is 11.9 Å². The van der Waals surface area contributed by atoms with E-state index in [0.29, 0.717) is 11.5 Å². The number of carbonyl (C=O) groups is 2. The fraction of sp³-hybridized carbons (Fsp3) is 0.366. The zero-order valence-electron chi connectivity index (χ0n) is 32.9. The van der Waals surface area contributed by atoms with E-state index in [1.165, 1.54) is 14.0 Å². The number of carboxylic acids is 1. The number of hydrogen-bond donors (Lipinski definition) is 9. The Morgan fingerprint density at radius 3 is 1.05 bits per heavy atom. The Hall–Kier alpha value is -4.02. The van der Waals surface area contributed by atoms with Crippen molar-refractivity contribution in [3.8, 4) is 33.8 Å². The van der Waals surface area contributed by atoms with Gasteiger partial charge in [-0.05, 0) is 46.5 Å². The van der Waals surface area contributed by atoms with Crippen LogP contribution in [0.3, 0.4) is 0 Å². The first-order valence-corrected chi connectivity index (χ1v) is 17.7. The summed E-state index contributed by atoms with van der Waals surface area (Å²) in [6.45, 7) is 1.47. The van der Waals surface area contributed by atoms with Crippen molar-refractivity contribution in [2.45, 2.75) is 75.3 Å². The van der Waals surface area contributed by atoms with Gasteiger partial charge in [-0.2, -0.15) is 0 Å². The van der Waals surface area contributed by atoms with Crippen LogP contribution in [0.25, 0.3) is 22.3 Å². The first-order valence-electron chi connectivity index (χ1n) is 17.7. The number of aliphatic hydroxyl groups is 8. The van der Waals surface area contributed by atoms with Gasteiger partial charge in [0.2, 0.25) is 12.6 Å². The van der Waals surface area contributed by atoms with Crippen molar-refractivity contribution in [3.05, 3.63) is 109 Å². The molecule has 0 saturated carbocycles. The van der Waals surface area contributed by atoms with Crippen molar-refractivity contribution in [1.29, 1.82) is 0 Å². The molecule has 0 bridgehead atoms. The van der Waals surface area contributed by atoms with Crippen LogP contribution >= 0.6 is 0 Å². The monoisotopic (exact) mass is 838 g/mol. The molecule has 2 saturated heterocycles. The number of carbonyl (C=O) groups excluding carboxylic acids is 1. The molecule has 10 N–H and O–H groups in total. The van der Waals surface area contributed by atoms with Gasteiger partial charge in [0, 0.05) is 13.8 Å². The van der Waals surface area contributed by atoms with Crippen LogP contribution in [0.4, 0.5) is 0 Å². The first kappa shape index (κ1) is 53.0. The van der Waals surface area contributed by atoms with E-state index < -0.39 is 80.6 Å². The molecular formula is C41H51NaO17. The van der Waals surface area contributed by atoms with Crippen LogP contribution in [-0.2, 0) is 23.8 Å². The molecule has 318 valence electrons. The molecule has 59 heavy (non-hydrogen) atoms. The molecule has 10 atom stereocenters. The fourth-order valence-electron chi connectivity index (χ4n) is 5.31. The zero-order chi connectivity index (χ0) is 42.1. The molecule has 0 aliphatic carbocycles. The Balaban J connectivity index is 0.000000476. The van der Waals surface area contributed by atoms with Gasteiger partial charge >= 0.3 is 35.5 Å². The van der Waals surface area contributed by atoms with Crippen molar-refractivity contribution < 1.29 is 114 Å². The van der Waals surface area contributed by atoms with E-state index in [9.17, 15) is 45.6 Å². The Bertz CT molecular complexity index is 1630. The van der Waals surface area contributed by atoms with Crippen molar-refractivity contribution in [2.24, 2.45) is 0 Å². The van der Waals surface area contributed by atoms with Crippen LogP contribution in [0.15, 0.2) is 109 Å². The molecule has 2 heterocycles. The maximum atomic E-state index is 9.97. The van der Waals surface area contributed by atoms with E-state index >= 15 is 0 Å². The number of aliphatic carboxylic acids is 1. The summed E-state index contributed by atoms with van der Waals surface area (Å²) in [6.07, 6.45) is -12.9. The van der Waals surface area contributed by atoms with Crippen molar-refractivity contribution in [3.63, 3.8) is 0 Å². The molecule has 4 aromatic carbocycles. The van der Waals surface area contributed by atoms with Crippen LogP contribution in [0.2, 0.25) is 0 Å². The summed E-state index contributed by atoms with van der Waals surface area (Å²) in [6, 6.07) is 34.1. The molecule has 2 aliphatic heterocycles. The van der Waals surface area contributed by atoms with Gasteiger partial charge in [0.1, 0.15) is 60.3 Å². The summed E-state index contributed by atoms with van der Waals surface area (Å²) in [5.74, 6) is -0.192. The third-order valence-electron chi connectivity index (χ3n) is 8.41. The SMILES string of the molecule is CC(=O)O.COC(C)=O.OCC1OC(Oc2ccc(-c3ccccc3)cc2)C(O)C(O)C1O.OCC1OC(Oc2ccc(-c3ccccc3)cc2)C(O)C(O)C1O.[Na+].[OH-]. The normalized spacial score (nSPS) is 25.5. The van der Waals surface area contributed by atoms with E-state index in [2.05, 4.69) is 4.74 Å². The minimum atomic E-state index is -1.45. The molecule has 0 spiro atoms. The van der Waals surface area contributed by atoms with Crippen molar-refractivity contribution in [2.75, 3.05) is 20.3 Å². The van der Waals surface area contributed by atoms with Crippen LogP contribution in [0, 0.1) is 0 Å². The summed E-state index contributed by atoms with van der Waals surface area (Å²) < 4.78 is 25.9. The van der Waals surface area contributed by atoms with Gasteiger partial charge < -0.3 is 75.1 Å². The number of ether oxygens (including phenoxy) is 5. The fourth-order valence-corrected chi connectivity index (χ4v) is 5.31. The smallest absolute Gasteiger partial charge is 0.870 e. The molecule has 4 aromatic rings. The van der Waals surface area contributed by atoms with Gasteiger partial charge in [0.05, 0.1) is 20.3 Å². The second-order valence-electron chi connectivity index (χ2n) is 12.6. The predicted octanol–water partition coefficient (Wildman–Crippen LogP) is -1.84. The van der Waals surface area contributed by atoms with E-state index in [1.54, 1.807) is 24.3 Å². The van der Waals surface area contributed by atoms with E-state index in [0.717, 1.165) is 29.2 Å². The quantitative estimate of drug-likeness (QED) is 0.0696. The van der Waals surface area contributed by atoms with Gasteiger partial charge in [-0.1, -0.05) is 84.9 Å². The Morgan fingerprint density at radius 2 is 0.797 bits per heavy atom.